The van der Waals surface area contributed by atoms with Gasteiger partial charge in [0, 0.05) is 35.3 Å². The van der Waals surface area contributed by atoms with Crippen molar-refractivity contribution in [1.29, 1.82) is 5.26 Å². The van der Waals surface area contributed by atoms with Crippen molar-refractivity contribution in [1.82, 2.24) is 9.88 Å². The van der Waals surface area contributed by atoms with Gasteiger partial charge in [0.2, 0.25) is 0 Å². The standard InChI is InChI=1S/C19H16N4O2/c20-12-22-8-2-5-19(22)18-11-15-9-14(6-7-17(15)21-18)13-3-1-4-16(10-13)23(24)25/h1,3-4,6-7,9-11,19,21H,2,5,8H2/t19-/m0/s1. The molecular weight excluding hydrogens is 316 g/mol. The van der Waals surface area contributed by atoms with E-state index in [0.29, 0.717) is 0 Å². The first kappa shape index (κ1) is 15.2. The van der Waals surface area contributed by atoms with Crippen molar-refractivity contribution in [2.45, 2.75) is 18.9 Å². The lowest BCUT2D eigenvalue weighted by atomic mass is 10.0. The van der Waals surface area contributed by atoms with Gasteiger partial charge in [-0.2, -0.15) is 5.26 Å². The second kappa shape index (κ2) is 5.95. The first-order valence-electron chi connectivity index (χ1n) is 8.19. The van der Waals surface area contributed by atoms with Crippen LogP contribution < -0.4 is 0 Å². The maximum Gasteiger partial charge on any atom is 0.270 e. The number of H-pyrrole nitrogens is 1. The maximum absolute atomic E-state index is 11.0. The number of nitriles is 1. The third-order valence-electron chi connectivity index (χ3n) is 4.77. The van der Waals surface area contributed by atoms with Crippen molar-refractivity contribution in [3.8, 4) is 17.3 Å². The van der Waals surface area contributed by atoms with Gasteiger partial charge < -0.3 is 9.88 Å². The van der Waals surface area contributed by atoms with Gasteiger partial charge in [-0.05, 0) is 42.2 Å². The minimum Gasteiger partial charge on any atom is -0.357 e. The van der Waals surface area contributed by atoms with Crippen molar-refractivity contribution < 1.29 is 4.92 Å². The molecule has 4 rings (SSSR count). The minimum atomic E-state index is -0.382. The molecule has 0 unspecified atom stereocenters. The van der Waals surface area contributed by atoms with E-state index in [0.717, 1.165) is 47.1 Å². The molecule has 2 heterocycles. The normalized spacial score (nSPS) is 16.9. The number of nitrogens with zero attached hydrogens (tertiary/aromatic N) is 3. The Morgan fingerprint density at radius 1 is 1.20 bits per heavy atom. The predicted molar refractivity (Wildman–Crippen MR) is 94.7 cm³/mol. The first-order valence-corrected chi connectivity index (χ1v) is 8.19. The number of benzene rings is 2. The molecule has 0 bridgehead atoms. The molecule has 0 spiro atoms. The van der Waals surface area contributed by atoms with Crippen LogP contribution in [0.5, 0.6) is 0 Å². The highest BCUT2D eigenvalue weighted by molar-refractivity contribution is 5.86. The van der Waals surface area contributed by atoms with Crippen LogP contribution in [0.25, 0.3) is 22.0 Å². The Bertz CT molecular complexity index is 1000. The van der Waals surface area contributed by atoms with Crippen LogP contribution in [-0.4, -0.2) is 21.4 Å². The average Bonchev–Trinajstić information content (AvgIpc) is 3.27. The molecule has 2 aromatic carbocycles. The fraction of sp³-hybridized carbons (Fsp3) is 0.211. The number of hydrogen-bond donors (Lipinski definition) is 1. The molecule has 0 saturated carbocycles. The number of nitro groups is 1. The van der Waals surface area contributed by atoms with E-state index in [2.05, 4.69) is 17.2 Å². The fourth-order valence-corrected chi connectivity index (χ4v) is 3.52. The largest absolute Gasteiger partial charge is 0.357 e. The summed E-state index contributed by atoms with van der Waals surface area (Å²) in [6, 6.07) is 14.8. The number of non-ortho nitro benzene ring substituents is 1. The Balaban J connectivity index is 1.73. The molecular formula is C19H16N4O2. The van der Waals surface area contributed by atoms with E-state index in [1.54, 1.807) is 12.1 Å². The van der Waals surface area contributed by atoms with E-state index >= 15 is 0 Å². The molecule has 1 aromatic heterocycles. The second-order valence-electron chi connectivity index (χ2n) is 6.29. The highest BCUT2D eigenvalue weighted by Gasteiger charge is 2.26. The van der Waals surface area contributed by atoms with Crippen LogP contribution in [-0.2, 0) is 0 Å². The van der Waals surface area contributed by atoms with Gasteiger partial charge >= 0.3 is 0 Å². The van der Waals surface area contributed by atoms with Gasteiger partial charge in [0.15, 0.2) is 6.19 Å². The van der Waals surface area contributed by atoms with Gasteiger partial charge in [0.25, 0.3) is 5.69 Å². The van der Waals surface area contributed by atoms with Crippen molar-refractivity contribution in [3.63, 3.8) is 0 Å². The predicted octanol–water partition coefficient (Wildman–Crippen LogP) is 4.36. The average molecular weight is 332 g/mol. The second-order valence-corrected chi connectivity index (χ2v) is 6.29. The summed E-state index contributed by atoms with van der Waals surface area (Å²) in [5.41, 5.74) is 3.89. The van der Waals surface area contributed by atoms with E-state index in [1.807, 2.05) is 29.2 Å². The van der Waals surface area contributed by atoms with Gasteiger partial charge in [-0.15, -0.1) is 0 Å². The number of aromatic amines is 1. The van der Waals surface area contributed by atoms with E-state index in [-0.39, 0.29) is 16.7 Å². The Labute approximate surface area is 144 Å². The lowest BCUT2D eigenvalue weighted by molar-refractivity contribution is -0.384. The quantitative estimate of drug-likeness (QED) is 0.438. The summed E-state index contributed by atoms with van der Waals surface area (Å²) in [5, 5.41) is 21.3. The lowest BCUT2D eigenvalue weighted by Gasteiger charge is -2.16. The summed E-state index contributed by atoms with van der Waals surface area (Å²) < 4.78 is 0. The molecule has 0 radical (unpaired) electrons. The number of fused-ring (bicyclic) bond motifs is 1. The summed E-state index contributed by atoms with van der Waals surface area (Å²) in [5.74, 6) is 0. The molecule has 1 saturated heterocycles. The van der Waals surface area contributed by atoms with E-state index in [1.165, 1.54) is 6.07 Å². The molecule has 0 amide bonds. The molecule has 1 N–H and O–H groups in total. The van der Waals surface area contributed by atoms with Gasteiger partial charge in [-0.3, -0.25) is 10.1 Å². The van der Waals surface area contributed by atoms with E-state index in [4.69, 9.17) is 0 Å². The van der Waals surface area contributed by atoms with Crippen LogP contribution in [0.1, 0.15) is 24.6 Å². The third-order valence-corrected chi connectivity index (χ3v) is 4.77. The summed E-state index contributed by atoms with van der Waals surface area (Å²) >= 11 is 0. The summed E-state index contributed by atoms with van der Waals surface area (Å²) in [4.78, 5) is 15.8. The highest BCUT2D eigenvalue weighted by atomic mass is 16.6. The lowest BCUT2D eigenvalue weighted by Crippen LogP contribution is -2.17. The zero-order valence-electron chi connectivity index (χ0n) is 13.5. The van der Waals surface area contributed by atoms with Gasteiger partial charge in [0.1, 0.15) is 0 Å². The Morgan fingerprint density at radius 3 is 2.84 bits per heavy atom. The first-order chi connectivity index (χ1) is 12.2. The van der Waals surface area contributed by atoms with Crippen LogP contribution >= 0.6 is 0 Å². The smallest absolute Gasteiger partial charge is 0.270 e. The Morgan fingerprint density at radius 2 is 2.04 bits per heavy atom. The molecule has 1 aliphatic heterocycles. The van der Waals surface area contributed by atoms with E-state index in [9.17, 15) is 15.4 Å². The van der Waals surface area contributed by atoms with Crippen LogP contribution in [0, 0.1) is 21.6 Å². The number of aromatic nitrogens is 1. The van der Waals surface area contributed by atoms with Gasteiger partial charge in [0.05, 0.1) is 11.0 Å². The summed E-state index contributed by atoms with van der Waals surface area (Å²) in [6.07, 6.45) is 4.25. The topological polar surface area (TPSA) is 86.0 Å². The number of nitro benzene ring substituents is 1. The third kappa shape index (κ3) is 2.70. The molecule has 1 atom stereocenters. The Hall–Kier alpha value is -3.33. The minimum absolute atomic E-state index is 0.0861. The van der Waals surface area contributed by atoms with Gasteiger partial charge in [-0.1, -0.05) is 18.2 Å². The molecule has 1 aliphatic rings. The summed E-state index contributed by atoms with van der Waals surface area (Å²) in [6.45, 7) is 0.801. The fourth-order valence-electron chi connectivity index (χ4n) is 3.52. The molecule has 124 valence electrons. The van der Waals surface area contributed by atoms with Crippen LogP contribution in [0.3, 0.4) is 0 Å². The van der Waals surface area contributed by atoms with Crippen LogP contribution in [0.2, 0.25) is 0 Å². The SMILES string of the molecule is N#CN1CCC[C@H]1c1cc2cc(-c3cccc([N+](=O)[O-])c3)ccc2[nH]1. The monoisotopic (exact) mass is 332 g/mol. The van der Waals surface area contributed by atoms with Crippen LogP contribution in [0.15, 0.2) is 48.5 Å². The molecule has 3 aromatic rings. The number of likely N-dealkylation sites (tertiary alicyclic amines) is 1. The van der Waals surface area contributed by atoms with E-state index < -0.39 is 0 Å². The molecule has 25 heavy (non-hydrogen) atoms. The number of hydrogen-bond acceptors (Lipinski definition) is 4. The summed E-state index contributed by atoms with van der Waals surface area (Å²) in [7, 11) is 0. The Kier molecular flexibility index (Phi) is 3.62. The molecule has 6 nitrogen and oxygen atoms in total. The molecule has 0 aliphatic carbocycles. The zero-order valence-corrected chi connectivity index (χ0v) is 13.5. The maximum atomic E-state index is 11.0. The highest BCUT2D eigenvalue weighted by Crippen LogP contribution is 2.34. The van der Waals surface area contributed by atoms with Crippen molar-refractivity contribution in [2.75, 3.05) is 6.54 Å². The van der Waals surface area contributed by atoms with Crippen LogP contribution in [0.4, 0.5) is 5.69 Å². The number of nitrogens with one attached hydrogen (secondary N) is 1. The number of rotatable bonds is 3. The molecule has 6 heteroatoms. The van der Waals surface area contributed by atoms with Crippen molar-refractivity contribution >= 4 is 16.6 Å². The van der Waals surface area contributed by atoms with Crippen molar-refractivity contribution in [3.05, 3.63) is 64.3 Å². The zero-order chi connectivity index (χ0) is 17.4. The van der Waals surface area contributed by atoms with Crippen molar-refractivity contribution in [2.24, 2.45) is 0 Å². The molecule has 1 fully saturated rings. The van der Waals surface area contributed by atoms with Gasteiger partial charge in [-0.25, -0.2) is 0 Å².